The van der Waals surface area contributed by atoms with Crippen LogP contribution in [0.15, 0.2) is 66.7 Å². The van der Waals surface area contributed by atoms with Gasteiger partial charge in [0.15, 0.2) is 0 Å². The van der Waals surface area contributed by atoms with E-state index in [-0.39, 0.29) is 11.5 Å². The number of halogens is 1. The van der Waals surface area contributed by atoms with Gasteiger partial charge in [0, 0.05) is 50.5 Å². The van der Waals surface area contributed by atoms with E-state index >= 15 is 0 Å². The molecule has 0 spiro atoms. The summed E-state index contributed by atoms with van der Waals surface area (Å²) in [5, 5.41) is 5.68. The number of nitrogens with one attached hydrogen (secondary N) is 2. The van der Waals surface area contributed by atoms with Gasteiger partial charge in [0.2, 0.25) is 0 Å². The molecule has 1 heterocycles. The second-order valence-corrected chi connectivity index (χ2v) is 9.05. The van der Waals surface area contributed by atoms with Crippen LogP contribution in [0.3, 0.4) is 0 Å². The molecule has 2 amide bonds. The van der Waals surface area contributed by atoms with Crippen LogP contribution in [0.1, 0.15) is 37.4 Å². The van der Waals surface area contributed by atoms with Gasteiger partial charge in [-0.2, -0.15) is 0 Å². The van der Waals surface area contributed by atoms with Crippen LogP contribution in [-0.2, 0) is 13.1 Å². The minimum Gasteiger partial charge on any atom is -0.348 e. The van der Waals surface area contributed by atoms with Crippen LogP contribution in [0.5, 0.6) is 0 Å². The van der Waals surface area contributed by atoms with E-state index in [1.54, 1.807) is 24.3 Å². The zero-order valence-electron chi connectivity index (χ0n) is 20.2. The highest BCUT2D eigenvalue weighted by atomic mass is 19.1. The number of aryl methyl sites for hydroxylation is 1. The average molecular weight is 475 g/mol. The van der Waals surface area contributed by atoms with Gasteiger partial charge in [-0.1, -0.05) is 42.5 Å². The first-order valence-electron chi connectivity index (χ1n) is 11.8. The van der Waals surface area contributed by atoms with Crippen LogP contribution >= 0.6 is 0 Å². The molecule has 0 bridgehead atoms. The van der Waals surface area contributed by atoms with E-state index in [4.69, 9.17) is 0 Å². The fourth-order valence-corrected chi connectivity index (χ4v) is 4.12. The topological polar surface area (TPSA) is 64.7 Å². The number of piperazine rings is 1. The summed E-state index contributed by atoms with van der Waals surface area (Å²) in [7, 11) is 2.15. The van der Waals surface area contributed by atoms with E-state index < -0.39 is 11.7 Å². The molecule has 1 aliphatic rings. The maximum atomic E-state index is 14.0. The third kappa shape index (κ3) is 6.53. The largest absolute Gasteiger partial charge is 0.348 e. The molecule has 0 aromatic heterocycles. The van der Waals surface area contributed by atoms with Crippen LogP contribution < -0.4 is 10.6 Å². The molecule has 1 fully saturated rings. The van der Waals surface area contributed by atoms with Crippen LogP contribution in [0, 0.1) is 12.7 Å². The Labute approximate surface area is 205 Å². The molecule has 0 atom stereocenters. The summed E-state index contributed by atoms with van der Waals surface area (Å²) in [5.74, 6) is -1.39. The molecular formula is C28H31FN4O2. The summed E-state index contributed by atoms with van der Waals surface area (Å²) in [5.41, 5.74) is 3.90. The van der Waals surface area contributed by atoms with Gasteiger partial charge < -0.3 is 15.5 Å². The SMILES string of the molecule is Cc1ccc(C(=O)NCc2cccc(CN3CCN(C)CC3)c2)cc1NC(=O)c1ccccc1F. The van der Waals surface area contributed by atoms with Crippen molar-refractivity contribution >= 4 is 17.5 Å². The Balaban J connectivity index is 1.37. The molecule has 35 heavy (non-hydrogen) atoms. The van der Waals surface area contributed by atoms with Gasteiger partial charge in [-0.3, -0.25) is 14.5 Å². The summed E-state index contributed by atoms with van der Waals surface area (Å²) in [6, 6.07) is 19.2. The van der Waals surface area contributed by atoms with E-state index in [2.05, 4.69) is 39.6 Å². The van der Waals surface area contributed by atoms with Gasteiger partial charge in [0.1, 0.15) is 5.82 Å². The number of hydrogen-bond acceptors (Lipinski definition) is 4. The Morgan fingerprint density at radius 2 is 1.63 bits per heavy atom. The minimum atomic E-state index is -0.591. The average Bonchev–Trinajstić information content (AvgIpc) is 2.86. The Kier molecular flexibility index (Phi) is 7.90. The Morgan fingerprint density at radius 1 is 0.886 bits per heavy atom. The van der Waals surface area contributed by atoms with Gasteiger partial charge in [-0.15, -0.1) is 0 Å². The summed E-state index contributed by atoms with van der Waals surface area (Å²) in [4.78, 5) is 30.1. The van der Waals surface area contributed by atoms with E-state index in [1.165, 1.54) is 23.8 Å². The fraction of sp³-hybridized carbons (Fsp3) is 0.286. The molecule has 3 aromatic rings. The first-order chi connectivity index (χ1) is 16.9. The third-order valence-electron chi connectivity index (χ3n) is 6.31. The summed E-state index contributed by atoms with van der Waals surface area (Å²) >= 11 is 0. The Morgan fingerprint density at radius 3 is 2.40 bits per heavy atom. The van der Waals surface area contributed by atoms with Crippen LogP contribution in [0.4, 0.5) is 10.1 Å². The molecule has 0 radical (unpaired) electrons. The zero-order chi connectivity index (χ0) is 24.8. The van der Waals surface area contributed by atoms with Crippen LogP contribution in [0.25, 0.3) is 0 Å². The molecular weight excluding hydrogens is 443 g/mol. The molecule has 1 saturated heterocycles. The second-order valence-electron chi connectivity index (χ2n) is 9.05. The van der Waals surface area contributed by atoms with Gasteiger partial charge >= 0.3 is 0 Å². The predicted octanol–water partition coefficient (Wildman–Crippen LogP) is 4.06. The van der Waals surface area contributed by atoms with Gasteiger partial charge in [0.05, 0.1) is 5.56 Å². The van der Waals surface area contributed by atoms with Crippen molar-refractivity contribution in [1.29, 1.82) is 0 Å². The lowest BCUT2D eigenvalue weighted by atomic mass is 10.1. The molecule has 0 unspecified atom stereocenters. The number of carbonyl (C=O) groups excluding carboxylic acids is 2. The quantitative estimate of drug-likeness (QED) is 0.542. The smallest absolute Gasteiger partial charge is 0.258 e. The molecule has 4 rings (SSSR count). The number of hydrogen-bond donors (Lipinski definition) is 2. The maximum Gasteiger partial charge on any atom is 0.258 e. The number of rotatable bonds is 7. The third-order valence-corrected chi connectivity index (χ3v) is 6.31. The number of anilines is 1. The second kappa shape index (κ2) is 11.3. The van der Waals surface area contributed by atoms with Gasteiger partial charge in [-0.25, -0.2) is 4.39 Å². The Bertz CT molecular complexity index is 1210. The summed E-state index contributed by atoms with van der Waals surface area (Å²) in [6.07, 6.45) is 0. The molecule has 0 aliphatic carbocycles. The zero-order valence-corrected chi connectivity index (χ0v) is 20.2. The monoisotopic (exact) mass is 474 g/mol. The molecule has 7 heteroatoms. The number of carbonyl (C=O) groups is 2. The first-order valence-corrected chi connectivity index (χ1v) is 11.8. The van der Waals surface area contributed by atoms with Crippen molar-refractivity contribution in [3.63, 3.8) is 0 Å². The summed E-state index contributed by atoms with van der Waals surface area (Å²) < 4.78 is 14.0. The highest BCUT2D eigenvalue weighted by Gasteiger charge is 2.15. The molecule has 3 aromatic carbocycles. The van der Waals surface area contributed by atoms with Crippen molar-refractivity contribution in [3.8, 4) is 0 Å². The van der Waals surface area contributed by atoms with E-state index in [1.807, 2.05) is 19.1 Å². The van der Waals surface area contributed by atoms with Gasteiger partial charge in [0.25, 0.3) is 11.8 Å². The molecule has 0 saturated carbocycles. The lowest BCUT2D eigenvalue weighted by Gasteiger charge is -2.32. The fourth-order valence-electron chi connectivity index (χ4n) is 4.12. The molecule has 2 N–H and O–H groups in total. The van der Waals surface area contributed by atoms with E-state index in [0.717, 1.165) is 43.9 Å². The minimum absolute atomic E-state index is 0.0433. The highest BCUT2D eigenvalue weighted by molar-refractivity contribution is 6.05. The molecule has 6 nitrogen and oxygen atoms in total. The Hall–Kier alpha value is -3.55. The number of likely N-dealkylation sites (N-methyl/N-ethyl adjacent to an activating group) is 1. The summed E-state index contributed by atoms with van der Waals surface area (Å²) in [6.45, 7) is 7.40. The highest BCUT2D eigenvalue weighted by Crippen LogP contribution is 2.19. The maximum absolute atomic E-state index is 14.0. The van der Waals surface area contributed by atoms with Crippen molar-refractivity contribution < 1.29 is 14.0 Å². The van der Waals surface area contributed by atoms with E-state index in [0.29, 0.717) is 17.8 Å². The van der Waals surface area contributed by atoms with Crippen molar-refractivity contribution in [3.05, 3.63) is 100 Å². The van der Waals surface area contributed by atoms with Crippen molar-refractivity contribution in [2.24, 2.45) is 0 Å². The number of nitrogens with zero attached hydrogens (tertiary/aromatic N) is 2. The first kappa shape index (κ1) is 24.6. The van der Waals surface area contributed by atoms with Crippen LogP contribution in [0.2, 0.25) is 0 Å². The van der Waals surface area contributed by atoms with Crippen molar-refractivity contribution in [1.82, 2.24) is 15.1 Å². The normalized spacial score (nSPS) is 14.5. The standard InChI is InChI=1S/C28H31FN4O2/c1-20-10-11-23(17-26(20)31-28(35)24-8-3-4-9-25(24)29)27(34)30-18-21-6-5-7-22(16-21)19-33-14-12-32(2)13-15-33/h3-11,16-17H,12-15,18-19H2,1-2H3,(H,30,34)(H,31,35). The lowest BCUT2D eigenvalue weighted by molar-refractivity contribution is 0.0949. The van der Waals surface area contributed by atoms with Crippen LogP contribution in [-0.4, -0.2) is 54.8 Å². The van der Waals surface area contributed by atoms with E-state index in [9.17, 15) is 14.0 Å². The van der Waals surface area contributed by atoms with Crippen molar-refractivity contribution in [2.75, 3.05) is 38.5 Å². The number of amides is 2. The number of benzene rings is 3. The predicted molar refractivity (Wildman–Crippen MR) is 136 cm³/mol. The molecule has 182 valence electrons. The molecule has 1 aliphatic heterocycles. The lowest BCUT2D eigenvalue weighted by Crippen LogP contribution is -2.43. The van der Waals surface area contributed by atoms with Gasteiger partial charge in [-0.05, 0) is 54.9 Å². The van der Waals surface area contributed by atoms with Crippen molar-refractivity contribution in [2.45, 2.75) is 20.0 Å².